The number of nitrogens with zero attached hydrogens (tertiary/aromatic N) is 2. The predicted molar refractivity (Wildman–Crippen MR) is 132 cm³/mol. The number of thiazole rings is 1. The first-order valence-electron chi connectivity index (χ1n) is 10.0. The third-order valence-corrected chi connectivity index (χ3v) is 7.65. The fourth-order valence-corrected chi connectivity index (χ4v) is 6.03. The van der Waals surface area contributed by atoms with Crippen molar-refractivity contribution in [3.8, 4) is 11.5 Å². The fraction of sp³-hybridized carbons (Fsp3) is 0.261. The predicted octanol–water partition coefficient (Wildman–Crippen LogP) is 3.64. The number of carbonyl (C=O) groups excluding carboxylic acids is 1. The van der Waals surface area contributed by atoms with Crippen LogP contribution in [0.4, 0.5) is 0 Å². The van der Waals surface area contributed by atoms with Crippen molar-refractivity contribution in [2.24, 2.45) is 4.99 Å². The van der Waals surface area contributed by atoms with Crippen molar-refractivity contribution in [3.05, 3.63) is 75.5 Å². The molecule has 3 heterocycles. The van der Waals surface area contributed by atoms with Crippen LogP contribution in [0.15, 0.2) is 55.2 Å². The van der Waals surface area contributed by atoms with Gasteiger partial charge in [0, 0.05) is 16.5 Å². The van der Waals surface area contributed by atoms with Crippen LogP contribution in [0, 0.1) is 0 Å². The van der Waals surface area contributed by atoms with Crippen molar-refractivity contribution in [1.82, 2.24) is 4.57 Å². The van der Waals surface area contributed by atoms with E-state index in [0.29, 0.717) is 37.7 Å². The Morgan fingerprint density at radius 1 is 1.27 bits per heavy atom. The molecule has 1 aliphatic heterocycles. The Labute approximate surface area is 206 Å². The molecule has 1 unspecified atom stereocenters. The summed E-state index contributed by atoms with van der Waals surface area (Å²) in [6.07, 6.45) is 1.77. The first-order chi connectivity index (χ1) is 15.9. The van der Waals surface area contributed by atoms with E-state index in [1.165, 1.54) is 22.7 Å². The summed E-state index contributed by atoms with van der Waals surface area (Å²) in [5.41, 5.74) is 1.40. The molecular formula is C23H21BrN2O5S2. The summed E-state index contributed by atoms with van der Waals surface area (Å²) in [4.78, 5) is 32.4. The van der Waals surface area contributed by atoms with Gasteiger partial charge in [0.25, 0.3) is 5.56 Å². The highest BCUT2D eigenvalue weighted by atomic mass is 79.9. The lowest BCUT2D eigenvalue weighted by atomic mass is 10.0. The number of allylic oxidation sites excluding steroid dienone is 1. The highest BCUT2D eigenvalue weighted by Crippen LogP contribution is 2.34. The van der Waals surface area contributed by atoms with Crippen molar-refractivity contribution in [3.63, 3.8) is 0 Å². The Bertz CT molecular complexity index is 1420. The molecule has 1 atom stereocenters. The van der Waals surface area contributed by atoms with Crippen LogP contribution in [0.1, 0.15) is 30.3 Å². The Kier molecular flexibility index (Phi) is 6.87. The maximum Gasteiger partial charge on any atom is 0.338 e. The van der Waals surface area contributed by atoms with Gasteiger partial charge in [-0.15, -0.1) is 11.3 Å². The molecule has 10 heteroatoms. The molecule has 0 saturated carbocycles. The largest absolute Gasteiger partial charge is 0.496 e. The summed E-state index contributed by atoms with van der Waals surface area (Å²) in [5.74, 6) is 0.726. The number of esters is 1. The van der Waals surface area contributed by atoms with E-state index in [-0.39, 0.29) is 12.2 Å². The molecule has 0 N–H and O–H groups in total. The SMILES string of the molecule is CCOC(=O)C1=C(C)N=c2sc(=Cc3cc(Br)c(OC)cc3OC)c(=O)n2C1c1cccs1. The second-order valence-corrected chi connectivity index (χ2v) is 9.89. The Morgan fingerprint density at radius 3 is 2.67 bits per heavy atom. The summed E-state index contributed by atoms with van der Waals surface area (Å²) in [6, 6.07) is 6.81. The van der Waals surface area contributed by atoms with Gasteiger partial charge in [-0.25, -0.2) is 9.79 Å². The fourth-order valence-electron chi connectivity index (χ4n) is 3.64. The van der Waals surface area contributed by atoms with Gasteiger partial charge in [-0.3, -0.25) is 9.36 Å². The second-order valence-electron chi connectivity index (χ2n) is 7.05. The highest BCUT2D eigenvalue weighted by molar-refractivity contribution is 9.10. The Morgan fingerprint density at radius 2 is 2.03 bits per heavy atom. The summed E-state index contributed by atoms with van der Waals surface area (Å²) >= 11 is 6.23. The monoisotopic (exact) mass is 548 g/mol. The molecule has 0 fully saturated rings. The zero-order valence-electron chi connectivity index (χ0n) is 18.4. The van der Waals surface area contributed by atoms with Crippen molar-refractivity contribution in [2.75, 3.05) is 20.8 Å². The maximum atomic E-state index is 13.6. The van der Waals surface area contributed by atoms with Gasteiger partial charge in [-0.05, 0) is 53.4 Å². The minimum absolute atomic E-state index is 0.236. The van der Waals surface area contributed by atoms with Crippen LogP contribution >= 0.6 is 38.6 Å². The molecule has 1 aliphatic rings. The lowest BCUT2D eigenvalue weighted by Crippen LogP contribution is -2.39. The molecule has 1 aromatic carbocycles. The quantitative estimate of drug-likeness (QED) is 0.439. The van der Waals surface area contributed by atoms with Crippen LogP contribution in [-0.4, -0.2) is 31.4 Å². The first-order valence-corrected chi connectivity index (χ1v) is 12.5. The van der Waals surface area contributed by atoms with Crippen LogP contribution in [-0.2, 0) is 9.53 Å². The topological polar surface area (TPSA) is 79.1 Å². The summed E-state index contributed by atoms with van der Waals surface area (Å²) in [7, 11) is 3.14. The molecular weight excluding hydrogens is 528 g/mol. The maximum absolute atomic E-state index is 13.6. The van der Waals surface area contributed by atoms with Gasteiger partial charge in [0.15, 0.2) is 4.80 Å². The van der Waals surface area contributed by atoms with Gasteiger partial charge in [-0.2, -0.15) is 0 Å². The molecule has 172 valence electrons. The molecule has 4 rings (SSSR count). The van der Waals surface area contributed by atoms with Crippen LogP contribution in [0.25, 0.3) is 6.08 Å². The average molecular weight is 549 g/mol. The summed E-state index contributed by atoms with van der Waals surface area (Å²) in [6.45, 7) is 3.76. The van der Waals surface area contributed by atoms with E-state index in [9.17, 15) is 9.59 Å². The number of halogens is 1. The van der Waals surface area contributed by atoms with Crippen LogP contribution in [0.3, 0.4) is 0 Å². The summed E-state index contributed by atoms with van der Waals surface area (Å²) in [5, 5.41) is 1.92. The number of carbonyl (C=O) groups is 1. The van der Waals surface area contributed by atoms with Crippen LogP contribution in [0.2, 0.25) is 0 Å². The van der Waals surface area contributed by atoms with Crippen LogP contribution in [0.5, 0.6) is 11.5 Å². The molecule has 0 bridgehead atoms. The molecule has 0 radical (unpaired) electrons. The van der Waals surface area contributed by atoms with E-state index >= 15 is 0 Å². The van der Waals surface area contributed by atoms with E-state index < -0.39 is 12.0 Å². The van der Waals surface area contributed by atoms with Crippen molar-refractivity contribution in [2.45, 2.75) is 19.9 Å². The molecule has 0 aliphatic carbocycles. The number of fused-ring (bicyclic) bond motifs is 1. The van der Waals surface area contributed by atoms with Gasteiger partial charge in [0.1, 0.15) is 17.5 Å². The van der Waals surface area contributed by atoms with Gasteiger partial charge in [-0.1, -0.05) is 17.4 Å². The molecule has 0 spiro atoms. The highest BCUT2D eigenvalue weighted by Gasteiger charge is 2.33. The Hall–Kier alpha value is -2.69. The number of thiophene rings is 1. The molecule has 0 amide bonds. The number of hydrogen-bond donors (Lipinski definition) is 0. The number of benzene rings is 1. The molecule has 2 aromatic heterocycles. The zero-order valence-corrected chi connectivity index (χ0v) is 21.6. The van der Waals surface area contributed by atoms with E-state index in [4.69, 9.17) is 14.2 Å². The molecule has 7 nitrogen and oxygen atoms in total. The molecule has 3 aromatic rings. The van der Waals surface area contributed by atoms with E-state index in [1.54, 1.807) is 44.8 Å². The van der Waals surface area contributed by atoms with Gasteiger partial charge >= 0.3 is 5.97 Å². The minimum atomic E-state index is -0.591. The minimum Gasteiger partial charge on any atom is -0.496 e. The van der Waals surface area contributed by atoms with E-state index in [1.807, 2.05) is 23.6 Å². The number of aromatic nitrogens is 1. The second kappa shape index (κ2) is 9.66. The zero-order chi connectivity index (χ0) is 23.7. The number of rotatable bonds is 6. The van der Waals surface area contributed by atoms with Crippen LogP contribution < -0.4 is 24.4 Å². The van der Waals surface area contributed by atoms with Gasteiger partial charge in [0.2, 0.25) is 0 Å². The number of methoxy groups -OCH3 is 2. The lowest BCUT2D eigenvalue weighted by molar-refractivity contribution is -0.139. The van der Waals surface area contributed by atoms with Gasteiger partial charge < -0.3 is 14.2 Å². The molecule has 33 heavy (non-hydrogen) atoms. The smallest absolute Gasteiger partial charge is 0.338 e. The Balaban J connectivity index is 1.94. The third kappa shape index (κ3) is 4.30. The van der Waals surface area contributed by atoms with Gasteiger partial charge in [0.05, 0.1) is 41.1 Å². The lowest BCUT2D eigenvalue weighted by Gasteiger charge is -2.23. The summed E-state index contributed by atoms with van der Waals surface area (Å²) < 4.78 is 18.9. The van der Waals surface area contributed by atoms with Crippen molar-refractivity contribution < 1.29 is 19.0 Å². The molecule has 0 saturated heterocycles. The number of hydrogen-bond acceptors (Lipinski definition) is 8. The van der Waals surface area contributed by atoms with E-state index in [2.05, 4.69) is 20.9 Å². The van der Waals surface area contributed by atoms with E-state index in [0.717, 1.165) is 9.35 Å². The third-order valence-electron chi connectivity index (χ3n) is 5.12. The van der Waals surface area contributed by atoms with Crippen molar-refractivity contribution >= 4 is 50.6 Å². The number of ether oxygens (including phenoxy) is 3. The normalized spacial score (nSPS) is 15.8. The average Bonchev–Trinajstić information content (AvgIpc) is 3.42. The first kappa shape index (κ1) is 23.5. The standard InChI is InChI=1S/C23H21BrN2O5S2/c1-5-31-22(28)19-12(2)25-23-26(20(19)17-7-6-8-32-17)21(27)18(33-23)10-13-9-14(24)16(30-4)11-15(13)29-3/h6-11,20H,5H2,1-4H3. The van der Waals surface area contributed by atoms with Crippen molar-refractivity contribution in [1.29, 1.82) is 0 Å².